The Hall–Kier alpha value is -3.15. The van der Waals surface area contributed by atoms with Crippen molar-refractivity contribution in [3.63, 3.8) is 0 Å². The second kappa shape index (κ2) is 7.39. The van der Waals surface area contributed by atoms with E-state index < -0.39 is 0 Å². The zero-order chi connectivity index (χ0) is 18.7. The van der Waals surface area contributed by atoms with E-state index in [1.807, 2.05) is 54.8 Å². The summed E-state index contributed by atoms with van der Waals surface area (Å²) in [5.74, 6) is -0.466. The summed E-state index contributed by atoms with van der Waals surface area (Å²) < 4.78 is 6.56. The third kappa shape index (κ3) is 3.74. The van der Waals surface area contributed by atoms with Crippen LogP contribution in [0.15, 0.2) is 42.6 Å². The van der Waals surface area contributed by atoms with E-state index in [1.54, 1.807) is 6.07 Å². The van der Waals surface area contributed by atoms with E-state index in [9.17, 15) is 9.59 Å². The minimum atomic E-state index is -0.253. The average Bonchev–Trinajstić information content (AvgIpc) is 3.04. The molecule has 0 aliphatic heterocycles. The molecule has 3 rings (SSSR count). The number of esters is 1. The van der Waals surface area contributed by atoms with Gasteiger partial charge in [-0.1, -0.05) is 12.1 Å². The van der Waals surface area contributed by atoms with E-state index in [2.05, 4.69) is 15.0 Å². The third-order valence-electron chi connectivity index (χ3n) is 4.21. The first kappa shape index (κ1) is 17.7. The lowest BCUT2D eigenvalue weighted by Gasteiger charge is -2.08. The molecular formula is C20H21N3O3. The Labute approximate surface area is 151 Å². The van der Waals surface area contributed by atoms with Crippen LogP contribution in [0.3, 0.4) is 0 Å². The average molecular weight is 351 g/mol. The summed E-state index contributed by atoms with van der Waals surface area (Å²) in [5.41, 5.74) is 4.70. The number of nitrogens with one attached hydrogen (secondary N) is 1. The molecule has 26 heavy (non-hydrogen) atoms. The van der Waals surface area contributed by atoms with Crippen molar-refractivity contribution >= 4 is 23.2 Å². The fraction of sp³-hybridized carbons (Fsp3) is 0.250. The number of amides is 1. The lowest BCUT2D eigenvalue weighted by Crippen LogP contribution is -2.12. The number of hydrogen-bond acceptors (Lipinski definition) is 4. The van der Waals surface area contributed by atoms with Crippen LogP contribution >= 0.6 is 0 Å². The first-order valence-electron chi connectivity index (χ1n) is 8.40. The van der Waals surface area contributed by atoms with Crippen LogP contribution in [0.25, 0.3) is 5.65 Å². The number of carbonyl (C=O) groups excluding carboxylic acids is 2. The number of hydrogen-bond donors (Lipinski definition) is 1. The molecule has 1 N–H and O–H groups in total. The highest BCUT2D eigenvalue weighted by atomic mass is 16.5. The van der Waals surface area contributed by atoms with E-state index in [4.69, 9.17) is 0 Å². The number of anilines is 1. The Bertz CT molecular complexity index is 976. The number of nitrogens with zero attached hydrogens (tertiary/aromatic N) is 2. The topological polar surface area (TPSA) is 72.7 Å². The standard InChI is InChI=1S/C20H21N3O3/c1-13-11-14(2)23-10-9-17(19(23)21-13)20(25)22-16-6-4-5-15(12-16)7-8-18(24)26-3/h4-6,9-12H,7-8H2,1-3H3,(H,22,25). The minimum Gasteiger partial charge on any atom is -0.469 e. The molecule has 0 atom stereocenters. The molecule has 0 radical (unpaired) electrons. The Morgan fingerprint density at radius 3 is 2.77 bits per heavy atom. The molecule has 1 aromatic carbocycles. The van der Waals surface area contributed by atoms with Gasteiger partial charge in [-0.05, 0) is 50.1 Å². The lowest BCUT2D eigenvalue weighted by atomic mass is 10.1. The van der Waals surface area contributed by atoms with Crippen molar-refractivity contribution in [1.29, 1.82) is 0 Å². The van der Waals surface area contributed by atoms with Crippen molar-refractivity contribution in [1.82, 2.24) is 9.38 Å². The molecule has 0 aliphatic carbocycles. The summed E-state index contributed by atoms with van der Waals surface area (Å²) in [7, 11) is 1.37. The number of aromatic nitrogens is 2. The Morgan fingerprint density at radius 1 is 1.19 bits per heavy atom. The van der Waals surface area contributed by atoms with Gasteiger partial charge in [-0.25, -0.2) is 4.98 Å². The van der Waals surface area contributed by atoms with Crippen LogP contribution in [0.5, 0.6) is 0 Å². The first-order chi connectivity index (χ1) is 12.5. The zero-order valence-corrected chi connectivity index (χ0v) is 15.1. The smallest absolute Gasteiger partial charge is 0.305 e. The fourth-order valence-electron chi connectivity index (χ4n) is 2.92. The van der Waals surface area contributed by atoms with Crippen molar-refractivity contribution in [2.45, 2.75) is 26.7 Å². The van der Waals surface area contributed by atoms with E-state index in [0.29, 0.717) is 29.7 Å². The van der Waals surface area contributed by atoms with Crippen LogP contribution in [0, 0.1) is 13.8 Å². The Kier molecular flexibility index (Phi) is 5.02. The van der Waals surface area contributed by atoms with Gasteiger partial charge in [-0.15, -0.1) is 0 Å². The first-order valence-corrected chi connectivity index (χ1v) is 8.40. The molecule has 0 saturated carbocycles. The van der Waals surface area contributed by atoms with Crippen LogP contribution in [0.2, 0.25) is 0 Å². The van der Waals surface area contributed by atoms with Gasteiger partial charge < -0.3 is 14.5 Å². The normalized spacial score (nSPS) is 10.7. The molecule has 0 unspecified atom stereocenters. The summed E-state index contributed by atoms with van der Waals surface area (Å²) in [5, 5.41) is 2.91. The van der Waals surface area contributed by atoms with Gasteiger partial charge in [0.1, 0.15) is 5.65 Å². The summed E-state index contributed by atoms with van der Waals surface area (Å²) >= 11 is 0. The van der Waals surface area contributed by atoms with Crippen LogP contribution < -0.4 is 5.32 Å². The third-order valence-corrected chi connectivity index (χ3v) is 4.21. The predicted molar refractivity (Wildman–Crippen MR) is 99.4 cm³/mol. The summed E-state index contributed by atoms with van der Waals surface area (Å²) in [4.78, 5) is 28.5. The molecule has 6 nitrogen and oxygen atoms in total. The van der Waals surface area contributed by atoms with E-state index >= 15 is 0 Å². The van der Waals surface area contributed by atoms with Gasteiger partial charge >= 0.3 is 5.97 Å². The van der Waals surface area contributed by atoms with E-state index in [-0.39, 0.29) is 11.9 Å². The largest absolute Gasteiger partial charge is 0.469 e. The minimum absolute atomic E-state index is 0.213. The Balaban J connectivity index is 1.79. The maximum atomic E-state index is 12.7. The predicted octanol–water partition coefficient (Wildman–Crippen LogP) is 3.31. The molecule has 1 amide bonds. The Morgan fingerprint density at radius 2 is 2.00 bits per heavy atom. The van der Waals surface area contributed by atoms with Crippen LogP contribution in [0.1, 0.15) is 33.7 Å². The quantitative estimate of drug-likeness (QED) is 0.716. The SMILES string of the molecule is COC(=O)CCc1cccc(NC(=O)c2ccn3c(C)cc(C)nc23)c1. The number of benzene rings is 1. The van der Waals surface area contributed by atoms with Gasteiger partial charge in [-0.3, -0.25) is 9.59 Å². The van der Waals surface area contributed by atoms with Gasteiger partial charge in [0, 0.05) is 29.7 Å². The molecule has 0 saturated heterocycles. The van der Waals surface area contributed by atoms with Crippen LogP contribution in [0.4, 0.5) is 5.69 Å². The molecule has 0 fully saturated rings. The van der Waals surface area contributed by atoms with Gasteiger partial charge in [-0.2, -0.15) is 0 Å². The second-order valence-corrected chi connectivity index (χ2v) is 6.19. The number of carbonyl (C=O) groups is 2. The number of fused-ring (bicyclic) bond motifs is 1. The maximum absolute atomic E-state index is 12.7. The van der Waals surface area contributed by atoms with Gasteiger partial charge in [0.15, 0.2) is 0 Å². The maximum Gasteiger partial charge on any atom is 0.305 e. The molecule has 0 bridgehead atoms. The highest BCUT2D eigenvalue weighted by molar-refractivity contribution is 6.08. The summed E-state index contributed by atoms with van der Waals surface area (Å²) in [6.07, 6.45) is 2.71. The monoisotopic (exact) mass is 351 g/mol. The molecule has 3 aromatic rings. The summed E-state index contributed by atoms with van der Waals surface area (Å²) in [6.45, 7) is 3.89. The number of aryl methyl sites for hydroxylation is 3. The van der Waals surface area contributed by atoms with Crippen LogP contribution in [-0.2, 0) is 16.0 Å². The van der Waals surface area contributed by atoms with Gasteiger partial charge in [0.05, 0.1) is 12.7 Å². The number of rotatable bonds is 5. The molecule has 6 heteroatoms. The van der Waals surface area contributed by atoms with Gasteiger partial charge in [0.25, 0.3) is 5.91 Å². The second-order valence-electron chi connectivity index (χ2n) is 6.19. The van der Waals surface area contributed by atoms with Crippen molar-refractivity contribution in [2.75, 3.05) is 12.4 Å². The van der Waals surface area contributed by atoms with Crippen molar-refractivity contribution < 1.29 is 14.3 Å². The molecule has 134 valence electrons. The summed E-state index contributed by atoms with van der Waals surface area (Å²) in [6, 6.07) is 11.2. The lowest BCUT2D eigenvalue weighted by molar-refractivity contribution is -0.140. The van der Waals surface area contributed by atoms with Crippen LogP contribution in [-0.4, -0.2) is 28.4 Å². The van der Waals surface area contributed by atoms with E-state index in [0.717, 1.165) is 17.0 Å². The van der Waals surface area contributed by atoms with Gasteiger partial charge in [0.2, 0.25) is 0 Å². The number of ether oxygens (including phenoxy) is 1. The van der Waals surface area contributed by atoms with E-state index in [1.165, 1.54) is 7.11 Å². The number of methoxy groups -OCH3 is 1. The highest BCUT2D eigenvalue weighted by Crippen LogP contribution is 2.18. The van der Waals surface area contributed by atoms with Crippen molar-refractivity contribution in [3.05, 3.63) is 65.1 Å². The van der Waals surface area contributed by atoms with Crippen molar-refractivity contribution in [3.8, 4) is 0 Å². The zero-order valence-electron chi connectivity index (χ0n) is 15.1. The van der Waals surface area contributed by atoms with Crippen molar-refractivity contribution in [2.24, 2.45) is 0 Å². The molecule has 0 aliphatic rings. The molecule has 0 spiro atoms. The molecule has 2 aromatic heterocycles. The molecule has 2 heterocycles. The molecular weight excluding hydrogens is 330 g/mol. The fourth-order valence-corrected chi connectivity index (χ4v) is 2.92. The highest BCUT2D eigenvalue weighted by Gasteiger charge is 2.14.